The molecule has 1 saturated heterocycles. The Hall–Kier alpha value is -2.59. The van der Waals surface area contributed by atoms with Crippen molar-refractivity contribution in [2.75, 3.05) is 13.1 Å². The van der Waals surface area contributed by atoms with Crippen molar-refractivity contribution in [2.24, 2.45) is 0 Å². The number of nitro groups is 1. The van der Waals surface area contributed by atoms with Gasteiger partial charge in [-0.05, 0) is 32.8 Å². The second-order valence-electron chi connectivity index (χ2n) is 6.49. The summed E-state index contributed by atoms with van der Waals surface area (Å²) >= 11 is 0. The number of hydrogen-bond donors (Lipinski definition) is 0. The summed E-state index contributed by atoms with van der Waals surface area (Å²) in [7, 11) is -3.75. The van der Waals surface area contributed by atoms with E-state index in [9.17, 15) is 23.3 Å². The van der Waals surface area contributed by atoms with Gasteiger partial charge in [0.1, 0.15) is 4.90 Å². The Morgan fingerprint density at radius 1 is 1.19 bits per heavy atom. The second kappa shape index (κ2) is 7.20. The van der Waals surface area contributed by atoms with Crippen LogP contribution < -0.4 is 0 Å². The first-order valence-electron chi connectivity index (χ1n) is 8.59. The van der Waals surface area contributed by atoms with Gasteiger partial charge in [0.2, 0.25) is 10.0 Å². The van der Waals surface area contributed by atoms with E-state index in [2.05, 4.69) is 5.10 Å². The van der Waals surface area contributed by atoms with Gasteiger partial charge in [0.15, 0.2) is 0 Å². The summed E-state index contributed by atoms with van der Waals surface area (Å²) in [5.74, 6) is -0.612. The Labute approximate surface area is 156 Å². The molecule has 0 bridgehead atoms. The van der Waals surface area contributed by atoms with Crippen molar-refractivity contribution in [3.8, 4) is 0 Å². The minimum atomic E-state index is -3.75. The second-order valence-corrected chi connectivity index (χ2v) is 8.36. The van der Waals surface area contributed by atoms with Crippen molar-refractivity contribution in [2.45, 2.75) is 38.0 Å². The fourth-order valence-corrected chi connectivity index (χ4v) is 5.18. The van der Waals surface area contributed by atoms with Crippen molar-refractivity contribution in [1.82, 2.24) is 14.1 Å². The molecular weight excluding hydrogens is 372 g/mol. The number of non-ortho nitro benzene ring substituents is 1. The molecule has 2 heterocycles. The molecule has 27 heavy (non-hydrogen) atoms. The average molecular weight is 392 g/mol. The number of nitro benzene ring substituents is 1. The van der Waals surface area contributed by atoms with E-state index >= 15 is 0 Å². The number of piperidine rings is 1. The number of aromatic nitrogens is 2. The quantitative estimate of drug-likeness (QED) is 0.582. The van der Waals surface area contributed by atoms with E-state index in [1.807, 2.05) is 0 Å². The Balaban J connectivity index is 2.02. The smallest absolute Gasteiger partial charge is 0.267 e. The molecule has 0 radical (unpaired) electrons. The zero-order valence-electron chi connectivity index (χ0n) is 15.1. The standard InChI is InChI=1S/C17H20N4O5S/c1-12-16(27(25,26)19-9-4-3-5-10-19)13(2)20(18-12)17(22)14-7-6-8-15(11-14)21(23)24/h6-8,11H,3-5,9-10H2,1-2H3. The Bertz CT molecular complexity index is 1010. The van der Waals surface area contributed by atoms with Crippen LogP contribution in [0.4, 0.5) is 5.69 Å². The van der Waals surface area contributed by atoms with E-state index in [-0.39, 0.29) is 27.5 Å². The summed E-state index contributed by atoms with van der Waals surface area (Å²) in [6.45, 7) is 3.96. The summed E-state index contributed by atoms with van der Waals surface area (Å²) in [5.41, 5.74) is 0.284. The molecule has 9 nitrogen and oxygen atoms in total. The fraction of sp³-hybridized carbons (Fsp3) is 0.412. The first-order valence-corrected chi connectivity index (χ1v) is 10.0. The van der Waals surface area contributed by atoms with Crippen molar-refractivity contribution >= 4 is 21.6 Å². The highest BCUT2D eigenvalue weighted by molar-refractivity contribution is 7.89. The maximum absolute atomic E-state index is 13.0. The number of rotatable bonds is 4. The molecule has 0 saturated carbocycles. The molecule has 1 aliphatic rings. The first kappa shape index (κ1) is 19.2. The van der Waals surface area contributed by atoms with Crippen LogP contribution in [0.5, 0.6) is 0 Å². The molecule has 0 spiro atoms. The SMILES string of the molecule is Cc1nn(C(=O)c2cccc([N+](=O)[O-])c2)c(C)c1S(=O)(=O)N1CCCCC1. The van der Waals surface area contributed by atoms with Crippen LogP contribution in [0.1, 0.15) is 41.0 Å². The van der Waals surface area contributed by atoms with E-state index in [1.165, 1.54) is 29.4 Å². The Kier molecular flexibility index (Phi) is 5.11. The van der Waals surface area contributed by atoms with Crippen molar-refractivity contribution in [3.63, 3.8) is 0 Å². The number of aryl methyl sites for hydroxylation is 1. The molecule has 1 aromatic heterocycles. The number of carbonyl (C=O) groups excluding carboxylic acids is 1. The van der Waals surface area contributed by atoms with Crippen LogP contribution >= 0.6 is 0 Å². The Morgan fingerprint density at radius 3 is 2.48 bits per heavy atom. The lowest BCUT2D eigenvalue weighted by molar-refractivity contribution is -0.384. The summed E-state index contributed by atoms with van der Waals surface area (Å²) in [6.07, 6.45) is 2.60. The normalized spacial score (nSPS) is 15.6. The van der Waals surface area contributed by atoms with Gasteiger partial charge in [0.25, 0.3) is 11.6 Å². The third-order valence-corrected chi connectivity index (χ3v) is 6.79. The van der Waals surface area contributed by atoms with Gasteiger partial charge in [-0.25, -0.2) is 8.42 Å². The largest absolute Gasteiger partial charge is 0.278 e. The number of benzene rings is 1. The molecule has 10 heteroatoms. The molecular formula is C17H20N4O5S. The van der Waals surface area contributed by atoms with E-state index in [0.29, 0.717) is 13.1 Å². The minimum absolute atomic E-state index is 0.0307. The first-order chi connectivity index (χ1) is 12.7. The molecule has 3 rings (SSSR count). The predicted octanol–water partition coefficient (Wildman–Crippen LogP) is 2.27. The van der Waals surface area contributed by atoms with Crippen LogP contribution in [0.3, 0.4) is 0 Å². The lowest BCUT2D eigenvalue weighted by atomic mass is 10.2. The number of nitrogens with zero attached hydrogens (tertiary/aromatic N) is 4. The third kappa shape index (κ3) is 3.50. The highest BCUT2D eigenvalue weighted by Gasteiger charge is 2.33. The fourth-order valence-electron chi connectivity index (χ4n) is 3.31. The molecule has 2 aromatic rings. The summed E-state index contributed by atoms with van der Waals surface area (Å²) in [4.78, 5) is 23.1. The van der Waals surface area contributed by atoms with Crippen LogP contribution in [-0.4, -0.2) is 46.4 Å². The van der Waals surface area contributed by atoms with Gasteiger partial charge < -0.3 is 0 Å². The number of carbonyl (C=O) groups is 1. The topological polar surface area (TPSA) is 115 Å². The van der Waals surface area contributed by atoms with E-state index < -0.39 is 20.9 Å². The lowest BCUT2D eigenvalue weighted by Gasteiger charge is -2.25. The zero-order chi connectivity index (χ0) is 19.8. The molecule has 1 fully saturated rings. The van der Waals surface area contributed by atoms with Crippen LogP contribution in [0.2, 0.25) is 0 Å². The minimum Gasteiger partial charge on any atom is -0.267 e. The third-order valence-electron chi connectivity index (χ3n) is 4.63. The number of hydrogen-bond acceptors (Lipinski definition) is 6. The van der Waals surface area contributed by atoms with Crippen LogP contribution in [0.15, 0.2) is 29.2 Å². The maximum atomic E-state index is 13.0. The van der Waals surface area contributed by atoms with Gasteiger partial charge in [-0.1, -0.05) is 12.5 Å². The Morgan fingerprint density at radius 2 is 1.85 bits per heavy atom. The van der Waals surface area contributed by atoms with Crippen molar-refractivity contribution in [3.05, 3.63) is 51.3 Å². The van der Waals surface area contributed by atoms with Gasteiger partial charge in [-0.15, -0.1) is 0 Å². The summed E-state index contributed by atoms with van der Waals surface area (Å²) in [6, 6.07) is 5.27. The van der Waals surface area contributed by atoms with E-state index in [4.69, 9.17) is 0 Å². The zero-order valence-corrected chi connectivity index (χ0v) is 15.9. The summed E-state index contributed by atoms with van der Waals surface area (Å²) in [5, 5.41) is 15.0. The van der Waals surface area contributed by atoms with Gasteiger partial charge in [0, 0.05) is 30.8 Å². The van der Waals surface area contributed by atoms with Crippen LogP contribution in [0.25, 0.3) is 0 Å². The van der Waals surface area contributed by atoms with E-state index in [0.717, 1.165) is 30.0 Å². The molecule has 0 aliphatic carbocycles. The van der Waals surface area contributed by atoms with Crippen LogP contribution in [-0.2, 0) is 10.0 Å². The predicted molar refractivity (Wildman–Crippen MR) is 97.1 cm³/mol. The molecule has 0 unspecified atom stereocenters. The van der Waals surface area contributed by atoms with Crippen LogP contribution in [0, 0.1) is 24.0 Å². The van der Waals surface area contributed by atoms with Gasteiger partial charge >= 0.3 is 0 Å². The molecule has 0 N–H and O–H groups in total. The number of sulfonamides is 1. The van der Waals surface area contributed by atoms with Gasteiger partial charge in [-0.2, -0.15) is 14.1 Å². The summed E-state index contributed by atoms with van der Waals surface area (Å²) < 4.78 is 28.5. The molecule has 0 amide bonds. The monoisotopic (exact) mass is 392 g/mol. The molecule has 0 atom stereocenters. The maximum Gasteiger partial charge on any atom is 0.278 e. The highest BCUT2D eigenvalue weighted by atomic mass is 32.2. The highest BCUT2D eigenvalue weighted by Crippen LogP contribution is 2.26. The van der Waals surface area contributed by atoms with E-state index in [1.54, 1.807) is 6.92 Å². The lowest BCUT2D eigenvalue weighted by Crippen LogP contribution is -2.36. The van der Waals surface area contributed by atoms with Crippen molar-refractivity contribution in [1.29, 1.82) is 0 Å². The van der Waals surface area contributed by atoms with Gasteiger partial charge in [-0.3, -0.25) is 14.9 Å². The molecule has 144 valence electrons. The van der Waals surface area contributed by atoms with Crippen molar-refractivity contribution < 1.29 is 18.1 Å². The van der Waals surface area contributed by atoms with Gasteiger partial charge in [0.05, 0.1) is 16.3 Å². The molecule has 1 aromatic carbocycles. The average Bonchev–Trinajstić information content (AvgIpc) is 2.96. The molecule has 1 aliphatic heterocycles.